The number of carbonyl (C=O) groups excluding carboxylic acids is 3. The molecule has 2 rings (SSSR count). The molecular weight excluding hydrogens is 401 g/mol. The van der Waals surface area contributed by atoms with Gasteiger partial charge in [0.1, 0.15) is 0 Å². The maximum absolute atomic E-state index is 12.0. The van der Waals surface area contributed by atoms with Gasteiger partial charge in [0.15, 0.2) is 0 Å². The maximum atomic E-state index is 12.0. The summed E-state index contributed by atoms with van der Waals surface area (Å²) in [5.74, 6) is -1.41. The molecule has 2 aromatic rings. The second-order valence-electron chi connectivity index (χ2n) is 5.14. The van der Waals surface area contributed by atoms with Crippen molar-refractivity contribution in [1.29, 1.82) is 0 Å². The minimum absolute atomic E-state index is 0.0249. The lowest BCUT2D eigenvalue weighted by atomic mass is 10.2. The molecule has 0 aliphatic carbocycles. The summed E-state index contributed by atoms with van der Waals surface area (Å²) in [6, 6.07) is 10.8. The molecule has 0 atom stereocenters. The predicted octanol–water partition coefficient (Wildman–Crippen LogP) is 3.23. The molecule has 136 valence electrons. The molecule has 0 unspecified atom stereocenters. The van der Waals surface area contributed by atoms with E-state index in [1.807, 2.05) is 0 Å². The largest absolute Gasteiger partial charge is 0.352 e. The van der Waals surface area contributed by atoms with Crippen molar-refractivity contribution in [2.45, 2.75) is 6.42 Å². The van der Waals surface area contributed by atoms with Crippen LogP contribution < -0.4 is 16.2 Å². The Morgan fingerprint density at radius 1 is 0.808 bits per heavy atom. The lowest BCUT2D eigenvalue weighted by molar-refractivity contribution is -0.121. The number of amides is 3. The zero-order valence-corrected chi connectivity index (χ0v) is 15.6. The van der Waals surface area contributed by atoms with Crippen molar-refractivity contribution < 1.29 is 14.4 Å². The van der Waals surface area contributed by atoms with Crippen molar-refractivity contribution in [3.8, 4) is 0 Å². The molecule has 9 heteroatoms. The molecule has 0 spiro atoms. The normalized spacial score (nSPS) is 10.1. The monoisotopic (exact) mass is 413 g/mol. The number of carbonyl (C=O) groups is 3. The summed E-state index contributed by atoms with van der Waals surface area (Å²) >= 11 is 17.5. The number of nitrogens with one attached hydrogen (secondary N) is 3. The van der Waals surface area contributed by atoms with Crippen molar-refractivity contribution in [3.05, 3.63) is 68.7 Å². The third kappa shape index (κ3) is 5.91. The molecule has 3 N–H and O–H groups in total. The summed E-state index contributed by atoms with van der Waals surface area (Å²) in [6.45, 7) is 0.0983. The van der Waals surface area contributed by atoms with E-state index in [-0.39, 0.29) is 29.5 Å². The first kappa shape index (κ1) is 20.0. The second-order valence-corrected chi connectivity index (χ2v) is 6.42. The molecule has 0 aliphatic heterocycles. The van der Waals surface area contributed by atoms with Crippen LogP contribution in [0.2, 0.25) is 15.1 Å². The van der Waals surface area contributed by atoms with Crippen LogP contribution in [-0.2, 0) is 4.79 Å². The summed E-state index contributed by atoms with van der Waals surface area (Å²) in [5.41, 5.74) is 5.04. The molecule has 0 heterocycles. The fraction of sp³-hybridized carbons (Fsp3) is 0.118. The smallest absolute Gasteiger partial charge is 0.271 e. The number of benzene rings is 2. The van der Waals surface area contributed by atoms with E-state index in [2.05, 4.69) is 16.2 Å². The topological polar surface area (TPSA) is 87.3 Å². The fourth-order valence-corrected chi connectivity index (χ4v) is 2.42. The molecule has 0 bridgehead atoms. The van der Waals surface area contributed by atoms with Crippen molar-refractivity contribution in [1.82, 2.24) is 16.2 Å². The highest BCUT2D eigenvalue weighted by molar-refractivity contribution is 6.35. The summed E-state index contributed by atoms with van der Waals surface area (Å²) in [7, 11) is 0. The van der Waals surface area contributed by atoms with E-state index >= 15 is 0 Å². The van der Waals surface area contributed by atoms with Crippen molar-refractivity contribution in [3.63, 3.8) is 0 Å². The van der Waals surface area contributed by atoms with Crippen LogP contribution in [-0.4, -0.2) is 24.3 Å². The minimum atomic E-state index is -0.601. The molecule has 0 saturated heterocycles. The van der Waals surface area contributed by atoms with Crippen molar-refractivity contribution in [2.24, 2.45) is 0 Å². The first-order valence-electron chi connectivity index (χ1n) is 7.45. The average Bonchev–Trinajstić information content (AvgIpc) is 2.62. The van der Waals surface area contributed by atoms with E-state index in [4.69, 9.17) is 34.8 Å². The van der Waals surface area contributed by atoms with Gasteiger partial charge >= 0.3 is 0 Å². The minimum Gasteiger partial charge on any atom is -0.352 e. The number of rotatable bonds is 5. The lowest BCUT2D eigenvalue weighted by Crippen LogP contribution is -2.42. The van der Waals surface area contributed by atoms with Crippen LogP contribution in [0.25, 0.3) is 0 Å². The second kappa shape index (κ2) is 9.43. The third-order valence-electron chi connectivity index (χ3n) is 3.23. The standard InChI is InChI=1S/C17H14Cl3N3O3/c18-11-3-1-10(2-4-11)16(25)21-8-7-15(24)22-23-17(26)13-9-12(19)5-6-14(13)20/h1-6,9H,7-8H2,(H,21,25)(H,22,24)(H,23,26). The molecule has 26 heavy (non-hydrogen) atoms. The van der Waals surface area contributed by atoms with E-state index in [0.29, 0.717) is 15.6 Å². The van der Waals surface area contributed by atoms with Crippen LogP contribution in [0.15, 0.2) is 42.5 Å². The summed E-state index contributed by atoms with van der Waals surface area (Å²) in [6.07, 6.45) is -0.0249. The Bertz CT molecular complexity index is 826. The number of hydrogen-bond donors (Lipinski definition) is 3. The highest BCUT2D eigenvalue weighted by atomic mass is 35.5. The Kier molecular flexibility index (Phi) is 7.26. The molecule has 0 aromatic heterocycles. The Morgan fingerprint density at radius 3 is 2.15 bits per heavy atom. The van der Waals surface area contributed by atoms with Gasteiger partial charge in [-0.15, -0.1) is 0 Å². The summed E-state index contributed by atoms with van der Waals surface area (Å²) in [5, 5.41) is 3.66. The molecule has 0 saturated carbocycles. The Labute approximate surface area is 164 Å². The first-order valence-corrected chi connectivity index (χ1v) is 8.58. The van der Waals surface area contributed by atoms with Gasteiger partial charge < -0.3 is 5.32 Å². The molecule has 6 nitrogen and oxygen atoms in total. The highest BCUT2D eigenvalue weighted by Crippen LogP contribution is 2.20. The van der Waals surface area contributed by atoms with Gasteiger partial charge in [-0.25, -0.2) is 0 Å². The third-order valence-corrected chi connectivity index (χ3v) is 4.05. The quantitative estimate of drug-likeness (QED) is 0.657. The van der Waals surface area contributed by atoms with Crippen LogP contribution in [0.5, 0.6) is 0 Å². The van der Waals surface area contributed by atoms with Crippen molar-refractivity contribution >= 4 is 52.5 Å². The molecule has 2 aromatic carbocycles. The van der Waals surface area contributed by atoms with E-state index in [1.165, 1.54) is 12.1 Å². The zero-order chi connectivity index (χ0) is 19.1. The molecule has 3 amide bonds. The van der Waals surface area contributed by atoms with E-state index in [9.17, 15) is 14.4 Å². The first-order chi connectivity index (χ1) is 12.4. The van der Waals surface area contributed by atoms with Crippen molar-refractivity contribution in [2.75, 3.05) is 6.54 Å². The molecular formula is C17H14Cl3N3O3. The van der Waals surface area contributed by atoms with E-state index < -0.39 is 11.8 Å². The fourth-order valence-electron chi connectivity index (χ4n) is 1.92. The number of halogens is 3. The Hall–Kier alpha value is -2.28. The summed E-state index contributed by atoms with van der Waals surface area (Å²) < 4.78 is 0. The average molecular weight is 415 g/mol. The maximum Gasteiger partial charge on any atom is 0.271 e. The van der Waals surface area contributed by atoms with Gasteiger partial charge in [-0.1, -0.05) is 34.8 Å². The Balaban J connectivity index is 1.75. The molecule has 0 fully saturated rings. The Morgan fingerprint density at radius 2 is 1.46 bits per heavy atom. The van der Waals surface area contributed by atoms with E-state index in [1.54, 1.807) is 30.3 Å². The zero-order valence-electron chi connectivity index (χ0n) is 13.3. The summed E-state index contributed by atoms with van der Waals surface area (Å²) in [4.78, 5) is 35.6. The van der Waals surface area contributed by atoms with Crippen LogP contribution in [0.1, 0.15) is 27.1 Å². The number of hydrazine groups is 1. The van der Waals surface area contributed by atoms with Gasteiger partial charge in [0.25, 0.3) is 11.8 Å². The van der Waals surface area contributed by atoms with Crippen LogP contribution in [0.4, 0.5) is 0 Å². The van der Waals surface area contributed by atoms with Gasteiger partial charge in [-0.2, -0.15) is 0 Å². The van der Waals surface area contributed by atoms with Gasteiger partial charge in [0.05, 0.1) is 10.6 Å². The van der Waals surface area contributed by atoms with Gasteiger partial charge in [-0.05, 0) is 42.5 Å². The predicted molar refractivity (Wildman–Crippen MR) is 100 cm³/mol. The lowest BCUT2D eigenvalue weighted by Gasteiger charge is -2.09. The van der Waals surface area contributed by atoms with Crippen LogP contribution in [0, 0.1) is 0 Å². The SMILES string of the molecule is O=C(CCNC(=O)c1ccc(Cl)cc1)NNC(=O)c1cc(Cl)ccc1Cl. The van der Waals surface area contributed by atoms with Gasteiger partial charge in [-0.3, -0.25) is 25.2 Å². The number of hydrogen-bond acceptors (Lipinski definition) is 3. The van der Waals surface area contributed by atoms with Gasteiger partial charge in [0, 0.05) is 28.6 Å². The highest BCUT2D eigenvalue weighted by Gasteiger charge is 2.12. The van der Waals surface area contributed by atoms with Gasteiger partial charge in [0.2, 0.25) is 5.91 Å². The van der Waals surface area contributed by atoms with E-state index in [0.717, 1.165) is 0 Å². The van der Waals surface area contributed by atoms with Crippen LogP contribution in [0.3, 0.4) is 0 Å². The molecule has 0 radical (unpaired) electrons. The van der Waals surface area contributed by atoms with Crippen LogP contribution >= 0.6 is 34.8 Å². The molecule has 0 aliphatic rings.